The van der Waals surface area contributed by atoms with Gasteiger partial charge in [-0.3, -0.25) is 15.0 Å². The molecular weight excluding hydrogens is 510 g/mol. The number of carbonyl (C=O) groups excluding carboxylic acids is 3. The van der Waals surface area contributed by atoms with E-state index in [0.717, 1.165) is 11.1 Å². The summed E-state index contributed by atoms with van der Waals surface area (Å²) >= 11 is 0. The van der Waals surface area contributed by atoms with Crippen LogP contribution in [0.2, 0.25) is 0 Å². The molecule has 0 spiro atoms. The molecule has 1 aliphatic heterocycles. The number of hydrogen-bond donors (Lipinski definition) is 3. The molecule has 10 heteroatoms. The van der Waals surface area contributed by atoms with Crippen LogP contribution in [0.5, 0.6) is 5.75 Å². The highest BCUT2D eigenvalue weighted by molar-refractivity contribution is 5.95. The highest BCUT2D eigenvalue weighted by Gasteiger charge is 2.34. The van der Waals surface area contributed by atoms with Crippen LogP contribution >= 0.6 is 12.4 Å². The number of amidine groups is 1. The van der Waals surface area contributed by atoms with Gasteiger partial charge in [0.15, 0.2) is 0 Å². The van der Waals surface area contributed by atoms with Gasteiger partial charge >= 0.3 is 11.9 Å². The smallest absolute Gasteiger partial charge is 0.340 e. The van der Waals surface area contributed by atoms with Crippen molar-refractivity contribution in [3.05, 3.63) is 90.0 Å². The van der Waals surface area contributed by atoms with Gasteiger partial charge in [-0.15, -0.1) is 12.4 Å². The average molecular weight is 538 g/mol. The zero-order chi connectivity index (χ0) is 26.2. The second kappa shape index (κ2) is 13.3. The molecule has 38 heavy (non-hydrogen) atoms. The fourth-order valence-electron chi connectivity index (χ4n) is 3.96. The van der Waals surface area contributed by atoms with Crippen LogP contribution < -0.4 is 15.8 Å². The van der Waals surface area contributed by atoms with Crippen LogP contribution in [0.1, 0.15) is 28.8 Å². The third-order valence-electron chi connectivity index (χ3n) is 5.95. The summed E-state index contributed by atoms with van der Waals surface area (Å²) in [6, 6.07) is 23.1. The first-order chi connectivity index (χ1) is 17.9. The van der Waals surface area contributed by atoms with Gasteiger partial charge in [0.25, 0.3) is 0 Å². The minimum atomic E-state index is -0.616. The normalized spacial score (nSPS) is 16.1. The lowest BCUT2D eigenvalue weighted by Gasteiger charge is -2.12. The molecule has 1 aliphatic rings. The van der Waals surface area contributed by atoms with Gasteiger partial charge in [0.1, 0.15) is 18.2 Å². The summed E-state index contributed by atoms with van der Waals surface area (Å²) < 4.78 is 15.7. The molecule has 0 saturated carbocycles. The predicted octanol–water partition coefficient (Wildman–Crippen LogP) is 3.69. The summed E-state index contributed by atoms with van der Waals surface area (Å²) in [5, 5.41) is 10.3. The van der Waals surface area contributed by atoms with E-state index in [0.29, 0.717) is 23.3 Å². The number of halogens is 1. The van der Waals surface area contributed by atoms with Crippen LogP contribution in [0.15, 0.2) is 78.9 Å². The summed E-state index contributed by atoms with van der Waals surface area (Å²) in [7, 11) is 0. The molecular formula is C28H28ClN3O6. The number of carbonyl (C=O) groups is 3. The maximum atomic E-state index is 12.3. The topological polar surface area (TPSA) is 141 Å². The Kier molecular flexibility index (Phi) is 9.84. The number of hydrogen-bond acceptors (Lipinski definition) is 7. The van der Waals surface area contributed by atoms with Crippen LogP contribution in [0.4, 0.5) is 0 Å². The molecule has 4 N–H and O–H groups in total. The number of nitrogens with two attached hydrogens (primary N) is 1. The largest absolute Gasteiger partial charge is 0.491 e. The van der Waals surface area contributed by atoms with Gasteiger partial charge in [-0.05, 0) is 41.8 Å². The molecule has 0 bridgehead atoms. The molecule has 198 valence electrons. The van der Waals surface area contributed by atoms with Crippen molar-refractivity contribution in [2.45, 2.75) is 18.9 Å². The number of nitrogen functional groups attached to an aromatic ring is 1. The van der Waals surface area contributed by atoms with Gasteiger partial charge in [0, 0.05) is 5.56 Å². The Balaban J connectivity index is 0.00000400. The summed E-state index contributed by atoms with van der Waals surface area (Å²) in [5.74, 6) is -1.31. The first-order valence-electron chi connectivity index (χ1n) is 11.7. The van der Waals surface area contributed by atoms with Crippen molar-refractivity contribution < 1.29 is 28.6 Å². The Morgan fingerprint density at radius 2 is 1.53 bits per heavy atom. The van der Waals surface area contributed by atoms with Gasteiger partial charge < -0.3 is 25.3 Å². The Labute approximate surface area is 226 Å². The molecule has 1 fully saturated rings. The predicted molar refractivity (Wildman–Crippen MR) is 143 cm³/mol. The van der Waals surface area contributed by atoms with E-state index in [1.165, 1.54) is 0 Å². The van der Waals surface area contributed by atoms with Crippen molar-refractivity contribution in [2.75, 3.05) is 13.4 Å². The van der Waals surface area contributed by atoms with E-state index in [1.54, 1.807) is 42.5 Å². The third kappa shape index (κ3) is 7.57. The summed E-state index contributed by atoms with van der Waals surface area (Å²) in [6.45, 7) is -0.247. The van der Waals surface area contributed by atoms with E-state index in [4.69, 9.17) is 25.4 Å². The van der Waals surface area contributed by atoms with Crippen molar-refractivity contribution in [3.8, 4) is 16.9 Å². The summed E-state index contributed by atoms with van der Waals surface area (Å²) in [6.07, 6.45) is 0.320. The highest BCUT2D eigenvalue weighted by Crippen LogP contribution is 2.24. The number of amides is 1. The Morgan fingerprint density at radius 3 is 2.16 bits per heavy atom. The van der Waals surface area contributed by atoms with E-state index in [1.807, 2.05) is 36.4 Å². The molecule has 0 aliphatic carbocycles. The molecule has 4 rings (SSSR count). The minimum Gasteiger partial charge on any atom is -0.491 e. The van der Waals surface area contributed by atoms with E-state index in [2.05, 4.69) is 5.32 Å². The van der Waals surface area contributed by atoms with Gasteiger partial charge in [0.2, 0.25) is 12.7 Å². The quantitative estimate of drug-likeness (QED) is 0.155. The maximum Gasteiger partial charge on any atom is 0.340 e. The van der Waals surface area contributed by atoms with Gasteiger partial charge in [-0.25, -0.2) is 4.79 Å². The van der Waals surface area contributed by atoms with E-state index >= 15 is 0 Å². The lowest BCUT2D eigenvalue weighted by molar-refractivity contribution is -0.154. The van der Waals surface area contributed by atoms with E-state index < -0.39 is 24.6 Å². The first-order valence-corrected chi connectivity index (χ1v) is 11.7. The monoisotopic (exact) mass is 537 g/mol. The summed E-state index contributed by atoms with van der Waals surface area (Å²) in [5.41, 5.74) is 8.50. The molecule has 2 atom stereocenters. The Morgan fingerprint density at radius 1 is 0.895 bits per heavy atom. The zero-order valence-electron chi connectivity index (χ0n) is 20.4. The van der Waals surface area contributed by atoms with Crippen molar-refractivity contribution in [2.24, 2.45) is 11.7 Å². The number of rotatable bonds is 10. The van der Waals surface area contributed by atoms with E-state index in [-0.39, 0.29) is 43.2 Å². The highest BCUT2D eigenvalue weighted by atomic mass is 35.5. The van der Waals surface area contributed by atoms with Crippen molar-refractivity contribution in [1.82, 2.24) is 5.32 Å². The molecule has 9 nitrogen and oxygen atoms in total. The van der Waals surface area contributed by atoms with Gasteiger partial charge in [-0.2, -0.15) is 0 Å². The molecule has 1 heterocycles. The molecule has 3 aromatic rings. The summed E-state index contributed by atoms with van der Waals surface area (Å²) in [4.78, 5) is 36.3. The van der Waals surface area contributed by atoms with Crippen molar-refractivity contribution in [3.63, 3.8) is 0 Å². The minimum absolute atomic E-state index is 0. The standard InChI is InChI=1S/C28H27N3O6.ClH/c29-26(30)20-8-6-18(7-9-20)19-10-12-24(13-11-19)35-16-23-14-22(27(33)31-23)15-25(32)36-17-37-28(34)21-4-2-1-3-5-21;/h1-13,22-23H,14-17H2,(H3,29,30)(H,31,33);1H/t22-,23-;/m0./s1. The lowest BCUT2D eigenvalue weighted by atomic mass is 10.0. The first kappa shape index (κ1) is 28.2. The molecule has 0 unspecified atom stereocenters. The fourth-order valence-corrected chi connectivity index (χ4v) is 3.96. The Bertz CT molecular complexity index is 1270. The number of benzene rings is 3. The van der Waals surface area contributed by atoms with Crippen LogP contribution in [-0.4, -0.2) is 43.1 Å². The van der Waals surface area contributed by atoms with Crippen LogP contribution in [-0.2, 0) is 19.1 Å². The number of nitrogens with one attached hydrogen (secondary N) is 2. The average Bonchev–Trinajstić information content (AvgIpc) is 3.26. The maximum absolute atomic E-state index is 12.3. The molecule has 3 aromatic carbocycles. The molecule has 1 amide bonds. The number of esters is 2. The fraction of sp³-hybridized carbons (Fsp3) is 0.214. The SMILES string of the molecule is Cl.N=C(N)c1ccc(-c2ccc(OC[C@@H]3C[C@@H](CC(=O)OCOC(=O)c4ccccc4)C(=O)N3)cc2)cc1. The number of ether oxygens (including phenoxy) is 3. The van der Waals surface area contributed by atoms with Crippen LogP contribution in [0.3, 0.4) is 0 Å². The molecule has 0 aromatic heterocycles. The molecule has 1 saturated heterocycles. The molecule has 0 radical (unpaired) electrons. The van der Waals surface area contributed by atoms with Gasteiger partial charge in [0.05, 0.1) is 23.9 Å². The second-order valence-electron chi connectivity index (χ2n) is 8.60. The Hall–Kier alpha value is -4.37. The van der Waals surface area contributed by atoms with Gasteiger partial charge in [-0.1, -0.05) is 54.6 Å². The van der Waals surface area contributed by atoms with Crippen LogP contribution in [0, 0.1) is 11.3 Å². The lowest BCUT2D eigenvalue weighted by Crippen LogP contribution is -2.31. The second-order valence-corrected chi connectivity index (χ2v) is 8.60. The van der Waals surface area contributed by atoms with E-state index in [9.17, 15) is 14.4 Å². The van der Waals surface area contributed by atoms with Crippen molar-refractivity contribution in [1.29, 1.82) is 5.41 Å². The van der Waals surface area contributed by atoms with Crippen LogP contribution in [0.25, 0.3) is 11.1 Å². The zero-order valence-corrected chi connectivity index (χ0v) is 21.2. The third-order valence-corrected chi connectivity index (χ3v) is 5.95. The van der Waals surface area contributed by atoms with Crippen molar-refractivity contribution >= 4 is 36.1 Å².